The molecule has 0 fully saturated rings. The maximum atomic E-state index is 9.00. The average Bonchev–Trinajstić information content (AvgIpc) is 2.59. The van der Waals surface area contributed by atoms with Crippen molar-refractivity contribution in [2.45, 2.75) is 13.3 Å². The number of nitrogens with zero attached hydrogens (tertiary/aromatic N) is 3. The maximum Gasteiger partial charge on any atom is 0.140 e. The highest BCUT2D eigenvalue weighted by Crippen LogP contribution is 2.20. The lowest BCUT2D eigenvalue weighted by Gasteiger charge is -2.04. The van der Waals surface area contributed by atoms with E-state index in [0.717, 1.165) is 22.8 Å². The molecule has 2 aromatic rings. The molecule has 84 valence electrons. The molecule has 0 atom stereocenters. The Bertz CT molecular complexity index is 477. The molecule has 1 N–H and O–H groups in total. The zero-order valence-electron chi connectivity index (χ0n) is 9.51. The summed E-state index contributed by atoms with van der Waals surface area (Å²) in [5.41, 5.74) is 3.10. The van der Waals surface area contributed by atoms with Crippen LogP contribution in [0.1, 0.15) is 11.4 Å². The van der Waals surface area contributed by atoms with E-state index >= 15 is 0 Å². The van der Waals surface area contributed by atoms with Crippen molar-refractivity contribution in [3.63, 3.8) is 0 Å². The van der Waals surface area contributed by atoms with Gasteiger partial charge in [-0.2, -0.15) is 0 Å². The van der Waals surface area contributed by atoms with Gasteiger partial charge in [-0.05, 0) is 19.1 Å². The monoisotopic (exact) mass is 217 g/mol. The number of hydrogen-bond donors (Lipinski definition) is 1. The summed E-state index contributed by atoms with van der Waals surface area (Å²) in [5, 5.41) is 9.00. The Balaban J connectivity index is 2.47. The number of rotatable bonds is 3. The first-order valence-corrected chi connectivity index (χ1v) is 5.27. The Labute approximate surface area is 94.6 Å². The van der Waals surface area contributed by atoms with Gasteiger partial charge < -0.3 is 9.67 Å². The van der Waals surface area contributed by atoms with Crippen molar-refractivity contribution in [1.29, 1.82) is 0 Å². The third-order valence-electron chi connectivity index (χ3n) is 2.70. The van der Waals surface area contributed by atoms with Crippen molar-refractivity contribution in [2.75, 3.05) is 6.61 Å². The lowest BCUT2D eigenvalue weighted by atomic mass is 10.2. The summed E-state index contributed by atoms with van der Waals surface area (Å²) in [5.74, 6) is 0.920. The van der Waals surface area contributed by atoms with Crippen LogP contribution < -0.4 is 0 Å². The van der Waals surface area contributed by atoms with Gasteiger partial charge >= 0.3 is 0 Å². The minimum Gasteiger partial charge on any atom is -0.396 e. The summed E-state index contributed by atoms with van der Waals surface area (Å²) in [6.45, 7) is 2.12. The summed E-state index contributed by atoms with van der Waals surface area (Å²) in [7, 11) is 1.97. The number of imidazole rings is 1. The second-order valence-corrected chi connectivity index (χ2v) is 3.74. The molecule has 0 aliphatic heterocycles. The Hall–Kier alpha value is -1.68. The molecule has 0 radical (unpaired) electrons. The standard InChI is InChI=1S/C12H15N3O/c1-9-11(5-8-16)15(2)12(14-9)10-3-6-13-7-4-10/h3-4,6-7,16H,5,8H2,1-2H3. The Morgan fingerprint density at radius 1 is 1.31 bits per heavy atom. The summed E-state index contributed by atoms with van der Waals surface area (Å²) < 4.78 is 2.03. The first kappa shape index (κ1) is 10.8. The van der Waals surface area contributed by atoms with Crippen LogP contribution in [0.2, 0.25) is 0 Å². The Morgan fingerprint density at radius 2 is 2.00 bits per heavy atom. The van der Waals surface area contributed by atoms with E-state index in [4.69, 9.17) is 5.11 Å². The predicted molar refractivity (Wildman–Crippen MR) is 62.0 cm³/mol. The molecule has 0 saturated heterocycles. The fraction of sp³-hybridized carbons (Fsp3) is 0.333. The summed E-state index contributed by atoms with van der Waals surface area (Å²) in [6.07, 6.45) is 4.15. The minimum atomic E-state index is 0.149. The highest BCUT2D eigenvalue weighted by atomic mass is 16.3. The van der Waals surface area contributed by atoms with Gasteiger partial charge in [0.1, 0.15) is 5.82 Å². The van der Waals surface area contributed by atoms with Gasteiger partial charge in [-0.15, -0.1) is 0 Å². The zero-order chi connectivity index (χ0) is 11.5. The summed E-state index contributed by atoms with van der Waals surface area (Å²) in [4.78, 5) is 8.51. The fourth-order valence-corrected chi connectivity index (χ4v) is 1.88. The van der Waals surface area contributed by atoms with Crippen molar-refractivity contribution < 1.29 is 5.11 Å². The zero-order valence-corrected chi connectivity index (χ0v) is 9.51. The van der Waals surface area contributed by atoms with Crippen molar-refractivity contribution in [3.05, 3.63) is 35.9 Å². The fourth-order valence-electron chi connectivity index (χ4n) is 1.88. The molecular formula is C12H15N3O. The van der Waals surface area contributed by atoms with E-state index in [0.29, 0.717) is 6.42 Å². The molecule has 0 aliphatic carbocycles. The lowest BCUT2D eigenvalue weighted by molar-refractivity contribution is 0.296. The molecule has 0 spiro atoms. The van der Waals surface area contributed by atoms with Gasteiger partial charge in [0.25, 0.3) is 0 Å². The molecule has 2 rings (SSSR count). The summed E-state index contributed by atoms with van der Waals surface area (Å²) >= 11 is 0. The van der Waals surface area contributed by atoms with E-state index in [1.807, 2.05) is 30.7 Å². The van der Waals surface area contributed by atoms with E-state index in [-0.39, 0.29) is 6.61 Å². The minimum absolute atomic E-state index is 0.149. The molecule has 16 heavy (non-hydrogen) atoms. The highest BCUT2D eigenvalue weighted by Gasteiger charge is 2.11. The van der Waals surface area contributed by atoms with Crippen molar-refractivity contribution in [3.8, 4) is 11.4 Å². The predicted octanol–water partition coefficient (Wildman–Crippen LogP) is 1.33. The molecule has 0 aromatic carbocycles. The number of aryl methyl sites for hydroxylation is 1. The maximum absolute atomic E-state index is 9.00. The first-order valence-electron chi connectivity index (χ1n) is 5.27. The molecule has 0 bridgehead atoms. The molecular weight excluding hydrogens is 202 g/mol. The van der Waals surface area contributed by atoms with Crippen LogP contribution in [0.25, 0.3) is 11.4 Å². The van der Waals surface area contributed by atoms with Crippen molar-refractivity contribution in [1.82, 2.24) is 14.5 Å². The van der Waals surface area contributed by atoms with Crippen LogP contribution in [0, 0.1) is 6.92 Å². The molecule has 4 heteroatoms. The van der Waals surface area contributed by atoms with E-state index in [9.17, 15) is 0 Å². The van der Waals surface area contributed by atoms with Gasteiger partial charge in [-0.1, -0.05) is 0 Å². The highest BCUT2D eigenvalue weighted by molar-refractivity contribution is 5.55. The SMILES string of the molecule is Cc1nc(-c2ccncc2)n(C)c1CCO. The molecule has 0 saturated carbocycles. The number of aliphatic hydroxyl groups excluding tert-OH is 1. The van der Waals surface area contributed by atoms with Crippen LogP contribution >= 0.6 is 0 Å². The van der Waals surface area contributed by atoms with E-state index in [2.05, 4.69) is 9.97 Å². The van der Waals surface area contributed by atoms with Crippen molar-refractivity contribution in [2.24, 2.45) is 7.05 Å². The molecule has 0 amide bonds. The van der Waals surface area contributed by atoms with Crippen LogP contribution in [0.4, 0.5) is 0 Å². The molecule has 0 aliphatic rings. The van der Waals surface area contributed by atoms with Crippen LogP contribution in [0.3, 0.4) is 0 Å². The second-order valence-electron chi connectivity index (χ2n) is 3.74. The lowest BCUT2D eigenvalue weighted by Crippen LogP contribution is -2.02. The number of aromatic nitrogens is 3. The molecule has 2 heterocycles. The van der Waals surface area contributed by atoms with E-state index in [1.165, 1.54) is 0 Å². The Kier molecular flexibility index (Phi) is 3.01. The molecule has 4 nitrogen and oxygen atoms in total. The first-order chi connectivity index (χ1) is 7.74. The molecule has 0 unspecified atom stereocenters. The van der Waals surface area contributed by atoms with Gasteiger partial charge in [0.2, 0.25) is 0 Å². The quantitative estimate of drug-likeness (QED) is 0.843. The number of hydrogen-bond acceptors (Lipinski definition) is 3. The Morgan fingerprint density at radius 3 is 2.62 bits per heavy atom. The van der Waals surface area contributed by atoms with Gasteiger partial charge in [0.15, 0.2) is 0 Å². The van der Waals surface area contributed by atoms with E-state index < -0.39 is 0 Å². The average molecular weight is 217 g/mol. The van der Waals surface area contributed by atoms with Crippen LogP contribution in [-0.2, 0) is 13.5 Å². The third-order valence-corrected chi connectivity index (χ3v) is 2.70. The topological polar surface area (TPSA) is 50.9 Å². The summed E-state index contributed by atoms with van der Waals surface area (Å²) in [6, 6.07) is 3.87. The number of aliphatic hydroxyl groups is 1. The molecule has 2 aromatic heterocycles. The van der Waals surface area contributed by atoms with Crippen molar-refractivity contribution >= 4 is 0 Å². The normalized spacial score (nSPS) is 10.7. The van der Waals surface area contributed by atoms with Gasteiger partial charge in [-0.3, -0.25) is 4.98 Å². The van der Waals surface area contributed by atoms with Gasteiger partial charge in [0, 0.05) is 43.7 Å². The van der Waals surface area contributed by atoms with Gasteiger partial charge in [0.05, 0.1) is 5.69 Å². The van der Waals surface area contributed by atoms with Gasteiger partial charge in [-0.25, -0.2) is 4.98 Å². The van der Waals surface area contributed by atoms with Crippen LogP contribution in [-0.4, -0.2) is 26.2 Å². The smallest absolute Gasteiger partial charge is 0.140 e. The third kappa shape index (κ3) is 1.84. The van der Waals surface area contributed by atoms with Crippen LogP contribution in [0.15, 0.2) is 24.5 Å². The largest absolute Gasteiger partial charge is 0.396 e. The number of pyridine rings is 1. The van der Waals surface area contributed by atoms with Crippen LogP contribution in [0.5, 0.6) is 0 Å². The van der Waals surface area contributed by atoms with E-state index in [1.54, 1.807) is 12.4 Å². The second kappa shape index (κ2) is 4.45.